The minimum Gasteiger partial charge on any atom is -0.497 e. The number of anilines is 1. The molecule has 2 aromatic rings. The van der Waals surface area contributed by atoms with Gasteiger partial charge in [-0.3, -0.25) is 4.79 Å². The Morgan fingerprint density at radius 3 is 2.19 bits per heavy atom. The number of carbonyl (C=O) groups excluding carboxylic acids is 2. The van der Waals surface area contributed by atoms with Crippen LogP contribution in [0.3, 0.4) is 0 Å². The molecule has 1 heterocycles. The van der Waals surface area contributed by atoms with Gasteiger partial charge in [0.05, 0.1) is 24.4 Å². The first kappa shape index (κ1) is 17.5. The summed E-state index contributed by atoms with van der Waals surface area (Å²) >= 11 is 0. The number of hydrogen-bond acceptors (Lipinski definition) is 4. The monoisotopic (exact) mass is 349 g/mol. The molecule has 132 valence electrons. The molecule has 1 saturated heterocycles. The number of hydrogen-bond donors (Lipinski definition) is 0. The minimum atomic E-state index is -0.967. The fourth-order valence-corrected chi connectivity index (χ4v) is 2.93. The van der Waals surface area contributed by atoms with Gasteiger partial charge in [0, 0.05) is 6.54 Å². The molecule has 3 amide bonds. The van der Waals surface area contributed by atoms with Gasteiger partial charge < -0.3 is 9.64 Å². The fourth-order valence-electron chi connectivity index (χ4n) is 2.93. The largest absolute Gasteiger partial charge is 0.497 e. The summed E-state index contributed by atoms with van der Waals surface area (Å²) in [6, 6.07) is 15.4. The molecule has 3 rings (SSSR count). The Morgan fingerprint density at radius 2 is 1.65 bits per heavy atom. The van der Waals surface area contributed by atoms with E-state index in [1.165, 1.54) is 4.90 Å². The van der Waals surface area contributed by atoms with Crippen molar-refractivity contribution >= 4 is 17.6 Å². The van der Waals surface area contributed by atoms with Crippen molar-refractivity contribution < 1.29 is 14.3 Å². The van der Waals surface area contributed by atoms with Crippen molar-refractivity contribution in [3.8, 4) is 11.8 Å². The highest BCUT2D eigenvalue weighted by Crippen LogP contribution is 2.33. The zero-order valence-corrected chi connectivity index (χ0v) is 14.9. The fraction of sp³-hybridized carbons (Fsp3) is 0.250. The van der Waals surface area contributed by atoms with E-state index in [0.29, 0.717) is 17.8 Å². The molecular weight excluding hydrogens is 330 g/mol. The molecule has 0 bridgehead atoms. The number of imide groups is 1. The van der Waals surface area contributed by atoms with Crippen LogP contribution in [0.25, 0.3) is 0 Å². The molecule has 0 aromatic heterocycles. The molecule has 0 saturated carbocycles. The van der Waals surface area contributed by atoms with E-state index in [-0.39, 0.29) is 11.9 Å². The average Bonchev–Trinajstić information content (AvgIpc) is 2.82. The number of methoxy groups -OCH3 is 1. The normalized spacial score (nSPS) is 15.9. The third-order valence-electron chi connectivity index (χ3n) is 4.58. The lowest BCUT2D eigenvalue weighted by molar-refractivity contribution is -0.123. The van der Waals surface area contributed by atoms with E-state index in [2.05, 4.69) is 0 Å². The standard InChI is InChI=1S/C20H19N3O3/c1-20(2)18(24)23(16-8-4-14(12-21)5-9-16)19(25)22(20)13-15-6-10-17(26-3)11-7-15/h4-11H,13H2,1-3H3. The lowest BCUT2D eigenvalue weighted by Gasteiger charge is -2.27. The summed E-state index contributed by atoms with van der Waals surface area (Å²) in [6.07, 6.45) is 0. The molecule has 2 aromatic carbocycles. The summed E-state index contributed by atoms with van der Waals surface area (Å²) < 4.78 is 5.15. The molecule has 1 aliphatic rings. The van der Waals surface area contributed by atoms with Gasteiger partial charge >= 0.3 is 6.03 Å². The molecule has 0 atom stereocenters. The number of nitriles is 1. The summed E-state index contributed by atoms with van der Waals surface area (Å²) in [5.41, 5.74) is 0.874. The second-order valence-electron chi connectivity index (χ2n) is 6.58. The van der Waals surface area contributed by atoms with Crippen LogP contribution < -0.4 is 9.64 Å². The van der Waals surface area contributed by atoms with Crippen molar-refractivity contribution in [3.63, 3.8) is 0 Å². The maximum Gasteiger partial charge on any atom is 0.332 e. The molecule has 26 heavy (non-hydrogen) atoms. The molecule has 0 unspecified atom stereocenters. The Hall–Kier alpha value is -3.33. The Morgan fingerprint density at radius 1 is 1.04 bits per heavy atom. The highest BCUT2D eigenvalue weighted by Gasteiger charge is 2.51. The number of rotatable bonds is 4. The molecule has 1 fully saturated rings. The molecule has 0 radical (unpaired) electrons. The van der Waals surface area contributed by atoms with Crippen molar-refractivity contribution in [2.24, 2.45) is 0 Å². The first-order valence-electron chi connectivity index (χ1n) is 8.17. The number of carbonyl (C=O) groups is 2. The van der Waals surface area contributed by atoms with Crippen molar-refractivity contribution in [1.29, 1.82) is 5.26 Å². The van der Waals surface area contributed by atoms with Crippen LogP contribution in [0.4, 0.5) is 10.5 Å². The Kier molecular flexibility index (Phi) is 4.39. The number of urea groups is 1. The SMILES string of the molecule is COc1ccc(CN2C(=O)N(c3ccc(C#N)cc3)C(=O)C2(C)C)cc1. The van der Waals surface area contributed by atoms with Gasteiger partial charge in [0.2, 0.25) is 0 Å². The van der Waals surface area contributed by atoms with Crippen molar-refractivity contribution in [1.82, 2.24) is 4.90 Å². The average molecular weight is 349 g/mol. The topological polar surface area (TPSA) is 73.6 Å². The smallest absolute Gasteiger partial charge is 0.332 e. The number of benzene rings is 2. The Balaban J connectivity index is 1.89. The van der Waals surface area contributed by atoms with E-state index in [4.69, 9.17) is 10.00 Å². The highest BCUT2D eigenvalue weighted by atomic mass is 16.5. The van der Waals surface area contributed by atoms with Crippen molar-refractivity contribution in [3.05, 3.63) is 59.7 Å². The third-order valence-corrected chi connectivity index (χ3v) is 4.58. The number of nitrogens with zero attached hydrogens (tertiary/aromatic N) is 3. The van der Waals surface area contributed by atoms with Crippen LogP contribution in [-0.2, 0) is 11.3 Å². The maximum absolute atomic E-state index is 13.0. The number of ether oxygens (including phenoxy) is 1. The van der Waals surface area contributed by atoms with Crippen LogP contribution in [0, 0.1) is 11.3 Å². The van der Waals surface area contributed by atoms with E-state index in [9.17, 15) is 9.59 Å². The predicted octanol–water partition coefficient (Wildman–Crippen LogP) is 3.31. The molecular formula is C20H19N3O3. The summed E-state index contributed by atoms with van der Waals surface area (Å²) in [4.78, 5) is 28.5. The van der Waals surface area contributed by atoms with Crippen LogP contribution in [0.2, 0.25) is 0 Å². The van der Waals surface area contributed by atoms with Crippen molar-refractivity contribution in [2.45, 2.75) is 25.9 Å². The highest BCUT2D eigenvalue weighted by molar-refractivity contribution is 6.22. The van der Waals surface area contributed by atoms with Gasteiger partial charge in [0.15, 0.2) is 0 Å². The lowest BCUT2D eigenvalue weighted by Crippen LogP contribution is -2.43. The van der Waals surface area contributed by atoms with E-state index in [1.807, 2.05) is 30.3 Å². The molecule has 0 N–H and O–H groups in total. The zero-order valence-electron chi connectivity index (χ0n) is 14.9. The van der Waals surface area contributed by atoms with E-state index < -0.39 is 5.54 Å². The second-order valence-corrected chi connectivity index (χ2v) is 6.58. The van der Waals surface area contributed by atoms with Gasteiger partial charge in [-0.1, -0.05) is 12.1 Å². The van der Waals surface area contributed by atoms with E-state index in [1.54, 1.807) is 50.1 Å². The summed E-state index contributed by atoms with van der Waals surface area (Å²) in [5.74, 6) is 0.441. The minimum absolute atomic E-state index is 0.291. The molecule has 1 aliphatic heterocycles. The first-order chi connectivity index (χ1) is 12.4. The maximum atomic E-state index is 13.0. The quantitative estimate of drug-likeness (QED) is 0.794. The van der Waals surface area contributed by atoms with Crippen LogP contribution in [0.5, 0.6) is 5.75 Å². The van der Waals surface area contributed by atoms with Gasteiger partial charge in [-0.15, -0.1) is 0 Å². The molecule has 0 spiro atoms. The predicted molar refractivity (Wildman–Crippen MR) is 96.7 cm³/mol. The van der Waals surface area contributed by atoms with Gasteiger partial charge in [-0.25, -0.2) is 9.69 Å². The summed E-state index contributed by atoms with van der Waals surface area (Å²) in [5, 5.41) is 8.91. The first-order valence-corrected chi connectivity index (χ1v) is 8.17. The summed E-state index contributed by atoms with van der Waals surface area (Å²) in [6.45, 7) is 3.79. The van der Waals surface area contributed by atoms with Gasteiger partial charge in [-0.05, 0) is 55.8 Å². The van der Waals surface area contributed by atoms with E-state index in [0.717, 1.165) is 11.3 Å². The second kappa shape index (κ2) is 6.52. The molecule has 0 aliphatic carbocycles. The van der Waals surface area contributed by atoms with Crippen LogP contribution in [0.15, 0.2) is 48.5 Å². The van der Waals surface area contributed by atoms with Crippen LogP contribution in [-0.4, -0.2) is 29.5 Å². The van der Waals surface area contributed by atoms with Gasteiger partial charge in [-0.2, -0.15) is 5.26 Å². The molecule has 6 heteroatoms. The zero-order chi connectivity index (χ0) is 18.9. The lowest BCUT2D eigenvalue weighted by atomic mass is 10.0. The van der Waals surface area contributed by atoms with Crippen LogP contribution in [0.1, 0.15) is 25.0 Å². The van der Waals surface area contributed by atoms with Gasteiger partial charge in [0.25, 0.3) is 5.91 Å². The Labute approximate surface area is 152 Å². The Bertz CT molecular complexity index is 880. The van der Waals surface area contributed by atoms with Crippen molar-refractivity contribution in [2.75, 3.05) is 12.0 Å². The van der Waals surface area contributed by atoms with E-state index >= 15 is 0 Å². The summed E-state index contributed by atoms with van der Waals surface area (Å²) in [7, 11) is 1.59. The third kappa shape index (κ3) is 2.88. The molecule has 6 nitrogen and oxygen atoms in total. The van der Waals surface area contributed by atoms with Gasteiger partial charge in [0.1, 0.15) is 11.3 Å². The van der Waals surface area contributed by atoms with Crippen LogP contribution >= 0.6 is 0 Å². The number of amides is 3.